The van der Waals surface area contributed by atoms with Gasteiger partial charge in [-0.15, -0.1) is 0 Å². The first-order chi connectivity index (χ1) is 8.67. The summed E-state index contributed by atoms with van der Waals surface area (Å²) in [5, 5.41) is 0. The Balaban J connectivity index is 2.63. The predicted octanol–water partition coefficient (Wildman–Crippen LogP) is 4.11. The molecule has 1 amide bonds. The zero-order valence-corrected chi connectivity index (χ0v) is 12.6. The minimum Gasteiger partial charge on any atom is -0.339 e. The summed E-state index contributed by atoms with van der Waals surface area (Å²) in [6.07, 6.45) is 5.53. The molecule has 98 valence electrons. The van der Waals surface area contributed by atoms with Crippen LogP contribution in [0.1, 0.15) is 32.3 Å². The summed E-state index contributed by atoms with van der Waals surface area (Å²) in [5.41, 5.74) is 1.04. The van der Waals surface area contributed by atoms with Gasteiger partial charge >= 0.3 is 0 Å². The highest BCUT2D eigenvalue weighted by Crippen LogP contribution is 2.11. The minimum absolute atomic E-state index is 0.0987. The van der Waals surface area contributed by atoms with E-state index >= 15 is 0 Å². The average Bonchev–Trinajstić information content (AvgIpc) is 2.37. The van der Waals surface area contributed by atoms with Crippen LogP contribution in [-0.4, -0.2) is 23.9 Å². The van der Waals surface area contributed by atoms with Crippen molar-refractivity contribution in [2.45, 2.75) is 26.7 Å². The summed E-state index contributed by atoms with van der Waals surface area (Å²) >= 11 is 3.39. The first-order valence-corrected chi connectivity index (χ1v) is 7.19. The van der Waals surface area contributed by atoms with E-state index in [1.165, 1.54) is 0 Å². The number of rotatable bonds is 6. The number of nitrogens with zero attached hydrogens (tertiary/aromatic N) is 1. The number of benzene rings is 1. The Bertz CT molecular complexity index is 391. The summed E-state index contributed by atoms with van der Waals surface area (Å²) in [6.45, 7) is 5.84. The molecule has 18 heavy (non-hydrogen) atoms. The Morgan fingerprint density at radius 2 is 1.72 bits per heavy atom. The van der Waals surface area contributed by atoms with Gasteiger partial charge < -0.3 is 4.90 Å². The third kappa shape index (κ3) is 5.05. The van der Waals surface area contributed by atoms with Crippen molar-refractivity contribution >= 4 is 27.9 Å². The smallest absolute Gasteiger partial charge is 0.246 e. The Labute approximate surface area is 118 Å². The van der Waals surface area contributed by atoms with E-state index in [9.17, 15) is 4.79 Å². The molecular weight excluding hydrogens is 290 g/mol. The molecule has 3 heteroatoms. The second-order valence-corrected chi connectivity index (χ2v) is 5.13. The summed E-state index contributed by atoms with van der Waals surface area (Å²) in [4.78, 5) is 13.9. The molecule has 0 unspecified atom stereocenters. The topological polar surface area (TPSA) is 20.3 Å². The van der Waals surface area contributed by atoms with Crippen molar-refractivity contribution in [2.75, 3.05) is 13.1 Å². The first-order valence-electron chi connectivity index (χ1n) is 6.40. The van der Waals surface area contributed by atoms with E-state index in [4.69, 9.17) is 0 Å². The molecule has 1 rings (SSSR count). The molecule has 0 heterocycles. The molecule has 0 aliphatic rings. The van der Waals surface area contributed by atoms with E-state index in [-0.39, 0.29) is 5.91 Å². The highest BCUT2D eigenvalue weighted by Gasteiger charge is 2.07. The van der Waals surface area contributed by atoms with E-state index < -0.39 is 0 Å². The van der Waals surface area contributed by atoms with Crippen LogP contribution in [0.4, 0.5) is 0 Å². The van der Waals surface area contributed by atoms with Gasteiger partial charge in [-0.2, -0.15) is 0 Å². The van der Waals surface area contributed by atoms with Gasteiger partial charge in [0.05, 0.1) is 0 Å². The lowest BCUT2D eigenvalue weighted by atomic mass is 10.2. The number of amides is 1. The van der Waals surface area contributed by atoms with E-state index in [1.807, 2.05) is 35.2 Å². The van der Waals surface area contributed by atoms with Crippen LogP contribution in [0, 0.1) is 0 Å². The summed E-state index contributed by atoms with van der Waals surface area (Å²) in [5.74, 6) is 0.0987. The van der Waals surface area contributed by atoms with Crippen molar-refractivity contribution in [3.8, 4) is 0 Å². The molecule has 1 aromatic carbocycles. The van der Waals surface area contributed by atoms with Crippen LogP contribution in [0.2, 0.25) is 0 Å². The molecule has 0 bridgehead atoms. The second kappa shape index (κ2) is 8.09. The lowest BCUT2D eigenvalue weighted by Crippen LogP contribution is -2.30. The van der Waals surface area contributed by atoms with Crippen molar-refractivity contribution in [3.05, 3.63) is 40.4 Å². The highest BCUT2D eigenvalue weighted by atomic mass is 79.9. The maximum absolute atomic E-state index is 12.0. The summed E-state index contributed by atoms with van der Waals surface area (Å²) < 4.78 is 1.05. The molecule has 0 saturated carbocycles. The van der Waals surface area contributed by atoms with Gasteiger partial charge in [0.2, 0.25) is 5.91 Å². The van der Waals surface area contributed by atoms with Crippen molar-refractivity contribution in [1.29, 1.82) is 0 Å². The summed E-state index contributed by atoms with van der Waals surface area (Å²) in [7, 11) is 0. The van der Waals surface area contributed by atoms with Crippen LogP contribution in [0.5, 0.6) is 0 Å². The Morgan fingerprint density at radius 1 is 1.17 bits per heavy atom. The van der Waals surface area contributed by atoms with Crippen LogP contribution in [0.3, 0.4) is 0 Å². The van der Waals surface area contributed by atoms with Crippen LogP contribution in [0.25, 0.3) is 6.08 Å². The van der Waals surface area contributed by atoms with Gasteiger partial charge in [0, 0.05) is 23.6 Å². The van der Waals surface area contributed by atoms with Crippen molar-refractivity contribution < 1.29 is 4.79 Å². The van der Waals surface area contributed by atoms with Gasteiger partial charge in [-0.3, -0.25) is 4.79 Å². The quantitative estimate of drug-likeness (QED) is 0.724. The molecule has 0 radical (unpaired) electrons. The van der Waals surface area contributed by atoms with Crippen LogP contribution in [0.15, 0.2) is 34.8 Å². The number of hydrogen-bond donors (Lipinski definition) is 0. The number of carbonyl (C=O) groups excluding carboxylic acids is 1. The van der Waals surface area contributed by atoms with Crippen molar-refractivity contribution in [1.82, 2.24) is 4.90 Å². The van der Waals surface area contributed by atoms with E-state index in [0.717, 1.165) is 36.0 Å². The molecule has 1 aromatic rings. The van der Waals surface area contributed by atoms with Crippen molar-refractivity contribution in [2.24, 2.45) is 0 Å². The molecule has 0 fully saturated rings. The standard InChI is InChI=1S/C15H20BrNO/c1-3-11-17(12-4-2)15(18)10-7-13-5-8-14(16)9-6-13/h5-10H,3-4,11-12H2,1-2H3/b10-7+. The molecule has 2 nitrogen and oxygen atoms in total. The lowest BCUT2D eigenvalue weighted by Gasteiger charge is -2.19. The molecule has 0 spiro atoms. The largest absolute Gasteiger partial charge is 0.339 e. The maximum atomic E-state index is 12.0. The maximum Gasteiger partial charge on any atom is 0.246 e. The summed E-state index contributed by atoms with van der Waals surface area (Å²) in [6, 6.07) is 7.91. The van der Waals surface area contributed by atoms with E-state index in [1.54, 1.807) is 6.08 Å². The molecule has 0 atom stereocenters. The minimum atomic E-state index is 0.0987. The van der Waals surface area contributed by atoms with Gasteiger partial charge in [-0.1, -0.05) is 41.9 Å². The zero-order valence-electron chi connectivity index (χ0n) is 11.0. The monoisotopic (exact) mass is 309 g/mol. The predicted molar refractivity (Wildman–Crippen MR) is 80.3 cm³/mol. The molecule has 0 aliphatic carbocycles. The van der Waals surface area contributed by atoms with E-state index in [2.05, 4.69) is 29.8 Å². The van der Waals surface area contributed by atoms with Gasteiger partial charge in [-0.25, -0.2) is 0 Å². The van der Waals surface area contributed by atoms with Gasteiger partial charge in [0.25, 0.3) is 0 Å². The number of carbonyl (C=O) groups is 1. The lowest BCUT2D eigenvalue weighted by molar-refractivity contribution is -0.126. The SMILES string of the molecule is CCCN(CCC)C(=O)/C=C/c1ccc(Br)cc1. The van der Waals surface area contributed by atoms with Crippen LogP contribution < -0.4 is 0 Å². The highest BCUT2D eigenvalue weighted by molar-refractivity contribution is 9.10. The number of halogens is 1. The Morgan fingerprint density at radius 3 is 2.22 bits per heavy atom. The Kier molecular flexibility index (Phi) is 6.73. The Hall–Kier alpha value is -1.09. The fraction of sp³-hybridized carbons (Fsp3) is 0.400. The third-order valence-electron chi connectivity index (χ3n) is 2.59. The van der Waals surface area contributed by atoms with Crippen LogP contribution in [-0.2, 0) is 4.79 Å². The zero-order chi connectivity index (χ0) is 13.4. The van der Waals surface area contributed by atoms with Gasteiger partial charge in [0.15, 0.2) is 0 Å². The molecule has 0 aliphatic heterocycles. The molecule has 0 N–H and O–H groups in total. The fourth-order valence-electron chi connectivity index (χ4n) is 1.72. The van der Waals surface area contributed by atoms with Gasteiger partial charge in [0.1, 0.15) is 0 Å². The molecule has 0 aromatic heterocycles. The third-order valence-corrected chi connectivity index (χ3v) is 3.12. The molecule has 0 saturated heterocycles. The average molecular weight is 310 g/mol. The number of hydrogen-bond acceptors (Lipinski definition) is 1. The normalized spacial score (nSPS) is 10.8. The second-order valence-electron chi connectivity index (χ2n) is 4.21. The van der Waals surface area contributed by atoms with Crippen molar-refractivity contribution in [3.63, 3.8) is 0 Å². The molecular formula is C15H20BrNO. The fourth-order valence-corrected chi connectivity index (χ4v) is 1.98. The van der Waals surface area contributed by atoms with Crippen LogP contribution >= 0.6 is 15.9 Å². The first kappa shape index (κ1) is 15.0. The van der Waals surface area contributed by atoms with Gasteiger partial charge in [-0.05, 0) is 36.6 Å². The van der Waals surface area contributed by atoms with E-state index in [0.29, 0.717) is 0 Å².